The lowest BCUT2D eigenvalue weighted by atomic mass is 10.1. The highest BCUT2D eigenvalue weighted by Crippen LogP contribution is 2.31. The summed E-state index contributed by atoms with van der Waals surface area (Å²) in [5, 5.41) is 5.52. The normalized spacial score (nSPS) is 16.5. The van der Waals surface area contributed by atoms with Crippen molar-refractivity contribution in [2.75, 3.05) is 30.4 Å². The molecule has 0 aliphatic carbocycles. The third kappa shape index (κ3) is 5.84. The van der Waals surface area contributed by atoms with E-state index in [1.807, 2.05) is 0 Å². The zero-order chi connectivity index (χ0) is 24.3. The summed E-state index contributed by atoms with van der Waals surface area (Å²) in [5.41, 5.74) is -2.30. The first kappa shape index (κ1) is 23.5. The number of hydrogen-bond acceptors (Lipinski definition) is 9. The molecule has 4 rings (SSSR count). The van der Waals surface area contributed by atoms with Crippen molar-refractivity contribution in [3.8, 4) is 11.6 Å². The molecule has 1 aliphatic rings. The van der Waals surface area contributed by atoms with E-state index >= 15 is 0 Å². The molecule has 0 amide bonds. The van der Waals surface area contributed by atoms with Gasteiger partial charge in [-0.05, 0) is 18.6 Å². The summed E-state index contributed by atoms with van der Waals surface area (Å²) >= 11 is 0. The third-order valence-electron chi connectivity index (χ3n) is 4.68. The van der Waals surface area contributed by atoms with Gasteiger partial charge in [0.2, 0.25) is 17.7 Å². The summed E-state index contributed by atoms with van der Waals surface area (Å²) in [7, 11) is 0. The third-order valence-corrected chi connectivity index (χ3v) is 4.68. The molecule has 1 fully saturated rings. The molecule has 180 valence electrons. The smallest absolute Gasteiger partial charge is 0.381 e. The molecule has 1 unspecified atom stereocenters. The Kier molecular flexibility index (Phi) is 6.45. The Morgan fingerprint density at radius 3 is 2.44 bits per heavy atom. The van der Waals surface area contributed by atoms with E-state index in [1.54, 1.807) is 0 Å². The molecule has 1 aliphatic heterocycles. The molecule has 0 spiro atoms. The van der Waals surface area contributed by atoms with Gasteiger partial charge in [-0.25, -0.2) is 9.97 Å². The highest BCUT2D eigenvalue weighted by molar-refractivity contribution is 5.57. The van der Waals surface area contributed by atoms with Gasteiger partial charge in [0.15, 0.2) is 5.82 Å². The fourth-order valence-electron chi connectivity index (χ4n) is 3.01. The average molecular weight is 486 g/mol. The standard InChI is InChI=1S/C19H16F6N8O/c20-18(21,22)11-5-12(8-26-7-11)29-17-32-15(14-27-3-1-13(30-14)19(23,24)25)31-16(33-17)28-6-10-2-4-34-9-10/h1,3,5,7-8,10H,2,4,6,9H2,(H2,28,29,31,32,33). The molecule has 0 aromatic carbocycles. The van der Waals surface area contributed by atoms with Crippen molar-refractivity contribution in [3.63, 3.8) is 0 Å². The van der Waals surface area contributed by atoms with Gasteiger partial charge >= 0.3 is 12.4 Å². The SMILES string of the molecule is FC(F)(F)c1cncc(Nc2nc(NCC3CCOC3)nc(-c3nccc(C(F)(F)F)n3)n2)c1. The first-order valence-corrected chi connectivity index (χ1v) is 9.85. The Bertz CT molecular complexity index is 1150. The number of ether oxygens (including phenoxy) is 1. The number of rotatable bonds is 6. The van der Waals surface area contributed by atoms with Gasteiger partial charge in [-0.2, -0.15) is 41.3 Å². The first-order valence-electron chi connectivity index (χ1n) is 9.85. The Hall–Kier alpha value is -3.62. The molecule has 9 nitrogen and oxygen atoms in total. The van der Waals surface area contributed by atoms with Crippen molar-refractivity contribution in [2.45, 2.75) is 18.8 Å². The lowest BCUT2D eigenvalue weighted by molar-refractivity contribution is -0.141. The molecular formula is C19H16F6N8O. The number of pyridine rings is 1. The first-order chi connectivity index (χ1) is 16.1. The van der Waals surface area contributed by atoms with Crippen LogP contribution in [0.2, 0.25) is 0 Å². The summed E-state index contributed by atoms with van der Waals surface area (Å²) in [6.07, 6.45) is -5.89. The number of halogens is 6. The molecule has 1 saturated heterocycles. The van der Waals surface area contributed by atoms with Crippen molar-refractivity contribution in [2.24, 2.45) is 5.92 Å². The lowest BCUT2D eigenvalue weighted by Crippen LogP contribution is -2.17. The lowest BCUT2D eigenvalue weighted by Gasteiger charge is -2.13. The monoisotopic (exact) mass is 486 g/mol. The van der Waals surface area contributed by atoms with Crippen LogP contribution in [0.5, 0.6) is 0 Å². The van der Waals surface area contributed by atoms with Gasteiger partial charge in [0, 0.05) is 31.5 Å². The molecule has 34 heavy (non-hydrogen) atoms. The second-order valence-corrected chi connectivity index (χ2v) is 7.27. The summed E-state index contributed by atoms with van der Waals surface area (Å²) in [6.45, 7) is 1.52. The maximum atomic E-state index is 13.1. The molecule has 0 saturated carbocycles. The van der Waals surface area contributed by atoms with Gasteiger partial charge in [0.1, 0.15) is 5.69 Å². The molecule has 3 aromatic rings. The van der Waals surface area contributed by atoms with E-state index in [9.17, 15) is 26.3 Å². The van der Waals surface area contributed by atoms with Crippen molar-refractivity contribution < 1.29 is 31.1 Å². The zero-order valence-corrected chi connectivity index (χ0v) is 17.2. The van der Waals surface area contributed by atoms with E-state index in [0.717, 1.165) is 24.9 Å². The van der Waals surface area contributed by atoms with Gasteiger partial charge in [0.25, 0.3) is 0 Å². The van der Waals surface area contributed by atoms with Crippen LogP contribution in [0.3, 0.4) is 0 Å². The zero-order valence-electron chi connectivity index (χ0n) is 17.2. The maximum absolute atomic E-state index is 13.1. The van der Waals surface area contributed by atoms with Crippen LogP contribution >= 0.6 is 0 Å². The average Bonchev–Trinajstić information content (AvgIpc) is 3.30. The highest BCUT2D eigenvalue weighted by atomic mass is 19.4. The minimum absolute atomic E-state index is 0.0275. The highest BCUT2D eigenvalue weighted by Gasteiger charge is 2.33. The number of alkyl halides is 6. The summed E-state index contributed by atoms with van der Waals surface area (Å²) < 4.78 is 83.5. The molecule has 3 aromatic heterocycles. The molecule has 0 radical (unpaired) electrons. The molecular weight excluding hydrogens is 470 g/mol. The van der Waals surface area contributed by atoms with Gasteiger partial charge in [-0.15, -0.1) is 0 Å². The Morgan fingerprint density at radius 2 is 1.74 bits per heavy atom. The fourth-order valence-corrected chi connectivity index (χ4v) is 3.01. The van der Waals surface area contributed by atoms with Crippen LogP contribution < -0.4 is 10.6 Å². The number of hydrogen-bond donors (Lipinski definition) is 2. The minimum atomic E-state index is -4.72. The Labute approximate surface area is 188 Å². The van der Waals surface area contributed by atoms with Crippen LogP contribution in [-0.4, -0.2) is 49.7 Å². The van der Waals surface area contributed by atoms with Gasteiger partial charge in [-0.3, -0.25) is 4.98 Å². The summed E-state index contributed by atoms with van der Waals surface area (Å²) in [5.74, 6) is -0.852. The number of nitrogens with one attached hydrogen (secondary N) is 2. The quantitative estimate of drug-likeness (QED) is 0.501. The van der Waals surface area contributed by atoms with Crippen molar-refractivity contribution in [3.05, 3.63) is 42.0 Å². The van der Waals surface area contributed by atoms with E-state index in [-0.39, 0.29) is 29.3 Å². The molecule has 1 atom stereocenters. The van der Waals surface area contributed by atoms with E-state index in [2.05, 4.69) is 40.5 Å². The van der Waals surface area contributed by atoms with E-state index < -0.39 is 29.4 Å². The van der Waals surface area contributed by atoms with Crippen LogP contribution in [-0.2, 0) is 17.1 Å². The predicted molar refractivity (Wildman–Crippen MR) is 106 cm³/mol. The summed E-state index contributed by atoms with van der Waals surface area (Å²) in [6, 6.07) is 1.48. The number of anilines is 3. The van der Waals surface area contributed by atoms with E-state index in [4.69, 9.17) is 4.74 Å². The Morgan fingerprint density at radius 1 is 0.941 bits per heavy atom. The van der Waals surface area contributed by atoms with Gasteiger partial charge < -0.3 is 15.4 Å². The maximum Gasteiger partial charge on any atom is 0.433 e. The predicted octanol–water partition coefficient (Wildman–Crippen LogP) is 3.95. The van der Waals surface area contributed by atoms with Gasteiger partial charge in [-0.1, -0.05) is 0 Å². The van der Waals surface area contributed by atoms with Crippen LogP contribution in [0.25, 0.3) is 11.6 Å². The van der Waals surface area contributed by atoms with E-state index in [1.165, 1.54) is 0 Å². The van der Waals surface area contributed by atoms with Gasteiger partial charge in [0.05, 0.1) is 24.1 Å². The number of aromatic nitrogens is 6. The second kappa shape index (κ2) is 9.32. The van der Waals surface area contributed by atoms with Crippen LogP contribution in [0.1, 0.15) is 17.7 Å². The molecule has 15 heteroatoms. The van der Waals surface area contributed by atoms with Crippen molar-refractivity contribution >= 4 is 17.6 Å². The largest absolute Gasteiger partial charge is 0.433 e. The van der Waals surface area contributed by atoms with Crippen LogP contribution in [0.4, 0.5) is 43.9 Å². The van der Waals surface area contributed by atoms with Crippen molar-refractivity contribution in [1.29, 1.82) is 0 Å². The topological polar surface area (TPSA) is 111 Å². The van der Waals surface area contributed by atoms with E-state index in [0.29, 0.717) is 32.0 Å². The minimum Gasteiger partial charge on any atom is -0.381 e. The molecule has 0 bridgehead atoms. The fraction of sp³-hybridized carbons (Fsp3) is 0.368. The van der Waals surface area contributed by atoms with Crippen LogP contribution in [0.15, 0.2) is 30.7 Å². The second-order valence-electron chi connectivity index (χ2n) is 7.27. The van der Waals surface area contributed by atoms with Crippen molar-refractivity contribution in [1.82, 2.24) is 29.9 Å². The van der Waals surface area contributed by atoms with Crippen LogP contribution in [0, 0.1) is 5.92 Å². The molecule has 4 heterocycles. The number of nitrogens with zero attached hydrogens (tertiary/aromatic N) is 6. The molecule has 2 N–H and O–H groups in total. The Balaban J connectivity index is 1.67. The summed E-state index contributed by atoms with van der Waals surface area (Å²) in [4.78, 5) is 23.0.